The summed E-state index contributed by atoms with van der Waals surface area (Å²) in [5, 5.41) is 39.8. The number of nitro benzene ring substituents is 1. The zero-order valence-corrected chi connectivity index (χ0v) is 43.1. The highest BCUT2D eigenvalue weighted by Gasteiger charge is 2.26. The number of aromatic nitrogens is 2. The summed E-state index contributed by atoms with van der Waals surface area (Å²) in [6.45, 7) is -5.63. The molecule has 0 bridgehead atoms. The van der Waals surface area contributed by atoms with Crippen LogP contribution in [0, 0.1) is 10.1 Å². The molecule has 76 heavy (non-hydrogen) atoms. The molecule has 0 aliphatic carbocycles. The maximum Gasteiger partial charge on any atom is 0.388 e. The molecule has 0 saturated carbocycles. The van der Waals surface area contributed by atoms with Crippen molar-refractivity contribution < 1.29 is 103 Å². The van der Waals surface area contributed by atoms with E-state index in [0.717, 1.165) is 25.3 Å². The van der Waals surface area contributed by atoms with Gasteiger partial charge in [0.15, 0.2) is 13.1 Å². The summed E-state index contributed by atoms with van der Waals surface area (Å²) >= 11 is 23.1. The van der Waals surface area contributed by atoms with Crippen molar-refractivity contribution >= 4 is 105 Å². The molecule has 0 radical (unpaired) electrons. The molecule has 4 aromatic carbocycles. The van der Waals surface area contributed by atoms with Gasteiger partial charge in [0, 0.05) is 30.0 Å². The summed E-state index contributed by atoms with van der Waals surface area (Å²) in [5.74, 6) is -7.00. The Morgan fingerprint density at radius 3 is 1.87 bits per heavy atom. The third-order valence-electron chi connectivity index (χ3n) is 8.30. The predicted octanol–water partition coefficient (Wildman–Crippen LogP) is 8.76. The second-order valence-electron chi connectivity index (χ2n) is 13.8. The summed E-state index contributed by atoms with van der Waals surface area (Å²) in [6.07, 6.45) is 0.0000772. The average Bonchev–Trinajstić information content (AvgIpc) is 3.31. The number of sulfonamides is 1. The Morgan fingerprint density at radius 2 is 1.39 bits per heavy atom. The number of nitrogens with two attached hydrogens (primary N) is 1. The number of hydrogen-bond acceptors (Lipinski definition) is 18. The van der Waals surface area contributed by atoms with Gasteiger partial charge >= 0.3 is 43.1 Å². The number of amides is 2. The average molecular weight is 1200 g/mol. The van der Waals surface area contributed by atoms with E-state index in [4.69, 9.17) is 81.8 Å². The number of nitrogens with zero attached hydrogens (tertiary/aromatic N) is 3. The maximum absolute atomic E-state index is 12.3. The van der Waals surface area contributed by atoms with E-state index < -0.39 is 99.7 Å². The smallest absolute Gasteiger partial charge is 0.388 e. The minimum atomic E-state index is -4.71. The molecule has 0 aliphatic heterocycles. The molecule has 35 heteroatoms. The molecular formula is C41H37Cl4F4N6O19PS. The first-order chi connectivity index (χ1) is 35.3. The highest BCUT2D eigenvalue weighted by Crippen LogP contribution is 2.37. The van der Waals surface area contributed by atoms with E-state index in [1.54, 1.807) is 17.4 Å². The number of alkyl halides is 4. The van der Waals surface area contributed by atoms with Crippen LogP contribution in [0.2, 0.25) is 20.1 Å². The molecule has 1 aromatic heterocycles. The summed E-state index contributed by atoms with van der Waals surface area (Å²) in [6, 6.07) is 13.4. The Balaban J connectivity index is 0.000000375. The summed E-state index contributed by atoms with van der Waals surface area (Å²) < 4.78 is 109. The van der Waals surface area contributed by atoms with Gasteiger partial charge in [-0.2, -0.15) is 27.5 Å². The van der Waals surface area contributed by atoms with Gasteiger partial charge in [-0.15, -0.1) is 0 Å². The molecule has 8 N–H and O–H groups in total. The first-order valence-corrected chi connectivity index (χ1v) is 25.1. The van der Waals surface area contributed by atoms with E-state index in [9.17, 15) is 64.6 Å². The van der Waals surface area contributed by atoms with Gasteiger partial charge in [0.25, 0.3) is 15.7 Å². The lowest BCUT2D eigenvalue weighted by Crippen LogP contribution is -2.35. The molecule has 412 valence electrons. The Labute approximate surface area is 445 Å². The van der Waals surface area contributed by atoms with Gasteiger partial charge in [-0.05, 0) is 55.0 Å². The van der Waals surface area contributed by atoms with E-state index in [-0.39, 0.29) is 56.0 Å². The van der Waals surface area contributed by atoms with Crippen molar-refractivity contribution in [1.82, 2.24) is 14.7 Å². The molecule has 0 spiro atoms. The maximum atomic E-state index is 12.3. The van der Waals surface area contributed by atoms with Crippen molar-refractivity contribution in [2.45, 2.75) is 30.6 Å². The zero-order chi connectivity index (χ0) is 57.8. The van der Waals surface area contributed by atoms with Crippen molar-refractivity contribution in [3.05, 3.63) is 126 Å². The van der Waals surface area contributed by atoms with Gasteiger partial charge in [0.1, 0.15) is 33.6 Å². The minimum Gasteiger partial charge on any atom is -0.494 e. The van der Waals surface area contributed by atoms with E-state index in [1.165, 1.54) is 61.0 Å². The van der Waals surface area contributed by atoms with Gasteiger partial charge in [0.05, 0.1) is 45.8 Å². The molecule has 1 heterocycles. The van der Waals surface area contributed by atoms with Crippen LogP contribution in [0.15, 0.2) is 83.8 Å². The number of rotatable bonds is 18. The zero-order valence-electron chi connectivity index (χ0n) is 38.4. The number of carbonyl (C=O) groups excluding carboxylic acids is 2. The number of nitrogens with one attached hydrogen (secondary N) is 2. The van der Waals surface area contributed by atoms with Gasteiger partial charge in [-0.3, -0.25) is 24.8 Å². The molecule has 5 aromatic rings. The number of anilines is 1. The number of carbonyl (C=O) groups is 5. The summed E-state index contributed by atoms with van der Waals surface area (Å²) in [7, 11) is -5.35. The Morgan fingerprint density at radius 1 is 0.816 bits per heavy atom. The SMILES string of the molecule is COC(=O)c1cc(Oc2ccc(Cl)cc2Cl)ccc1[N+](=O)[O-].COc1c(Cl)ccc(Cl)c1C(=O)O.CP(=O)(O)CCC(N)C(=O)O.O=C(Nc1nc(OC(F)F)cc(OC(F)F)n1)NS(=O)(=O)c1ccccc1C(=O)O. The third kappa shape index (κ3) is 21.5. The van der Waals surface area contributed by atoms with Crippen molar-refractivity contribution in [1.29, 1.82) is 0 Å². The minimum absolute atomic E-state index is 0.0412. The number of nitro groups is 1. The van der Waals surface area contributed by atoms with Crippen LogP contribution >= 0.6 is 53.8 Å². The first kappa shape index (κ1) is 64.8. The summed E-state index contributed by atoms with van der Waals surface area (Å²) in [5.41, 5.74) is 3.75. The number of methoxy groups -OCH3 is 2. The number of carboxylic acid groups (broad SMARTS) is 3. The first-order valence-electron chi connectivity index (χ1n) is 19.8. The number of carboxylic acids is 3. The van der Waals surface area contributed by atoms with Crippen LogP contribution in [0.3, 0.4) is 0 Å². The molecular weight excluding hydrogens is 1160 g/mol. The Hall–Kier alpha value is -7.31. The molecule has 5 rings (SSSR count). The molecule has 25 nitrogen and oxygen atoms in total. The topological polar surface area (TPSA) is 383 Å². The quantitative estimate of drug-likeness (QED) is 0.0142. The largest absolute Gasteiger partial charge is 0.494 e. The van der Waals surface area contributed by atoms with E-state index >= 15 is 0 Å². The number of ether oxygens (including phenoxy) is 5. The molecule has 0 saturated heterocycles. The van der Waals surface area contributed by atoms with Crippen LogP contribution in [0.4, 0.5) is 34.0 Å². The van der Waals surface area contributed by atoms with Crippen molar-refractivity contribution in [3.63, 3.8) is 0 Å². The van der Waals surface area contributed by atoms with E-state index in [1.807, 2.05) is 0 Å². The highest BCUT2D eigenvalue weighted by atomic mass is 35.5. The number of esters is 1. The molecule has 2 unspecified atom stereocenters. The van der Waals surface area contributed by atoms with Crippen LogP contribution in [-0.4, -0.2) is 120 Å². The predicted molar refractivity (Wildman–Crippen MR) is 260 cm³/mol. The lowest BCUT2D eigenvalue weighted by molar-refractivity contribution is -0.385. The van der Waals surface area contributed by atoms with Crippen molar-refractivity contribution in [3.8, 4) is 29.0 Å². The number of hydrogen-bond donors (Lipinski definition) is 7. The van der Waals surface area contributed by atoms with Crippen LogP contribution in [0.1, 0.15) is 37.5 Å². The van der Waals surface area contributed by atoms with Gasteiger partial charge in [0.2, 0.25) is 17.7 Å². The normalized spacial score (nSPS) is 11.8. The van der Waals surface area contributed by atoms with Crippen molar-refractivity contribution in [2.75, 3.05) is 32.4 Å². The lowest BCUT2D eigenvalue weighted by atomic mass is 10.1. The number of aromatic carboxylic acids is 2. The fraction of sp³-hybridized carbons (Fsp3) is 0.195. The second kappa shape index (κ2) is 29.7. The fourth-order valence-electron chi connectivity index (χ4n) is 5.08. The van der Waals surface area contributed by atoms with Crippen LogP contribution < -0.4 is 34.7 Å². The molecule has 0 aliphatic rings. The fourth-order valence-corrected chi connectivity index (χ4v) is 7.85. The molecule has 0 fully saturated rings. The van der Waals surface area contributed by atoms with Gasteiger partial charge in [-0.1, -0.05) is 58.5 Å². The number of aliphatic carboxylic acids is 1. The Bertz CT molecular complexity index is 3070. The lowest BCUT2D eigenvalue weighted by Gasteiger charge is -2.11. The standard InChI is InChI=1S/C14H9Cl2NO5.C14H10F4N4O7S.C8H6Cl2O3.C5H12NO4P/c1-21-14(18)10-7-9(3-4-12(10)17(19)20)22-13-5-2-8(15)6-11(13)16;15-11(16)28-8-5-9(29-12(17)18)20-13(19-8)21-14(25)22-30(26,27)7-4-2-1-3-6(7)10(23)24;1-13-7-5(10)3-2-4(9)6(7)8(11)12;1-11(9,10)3-2-4(6)5(7)8/h2-7H,1H3;1-5,11-12H,(H,23,24)(H2,19,20,21,22,25);2-3H,1H3,(H,11,12);4H,2-3,6H2,1H3,(H,7,8)(H,9,10). The van der Waals surface area contributed by atoms with E-state index in [2.05, 4.69) is 24.2 Å². The van der Waals surface area contributed by atoms with Crippen molar-refractivity contribution in [2.24, 2.45) is 5.73 Å². The number of halogens is 8. The molecule has 2 amide bonds. The van der Waals surface area contributed by atoms with Gasteiger partial charge in [-0.25, -0.2) is 32.3 Å². The highest BCUT2D eigenvalue weighted by molar-refractivity contribution is 7.90. The second-order valence-corrected chi connectivity index (χ2v) is 19.7. The monoisotopic (exact) mass is 1200 g/mol. The van der Waals surface area contributed by atoms with Crippen LogP contribution in [0.25, 0.3) is 0 Å². The van der Waals surface area contributed by atoms with Crippen LogP contribution in [-0.2, 0) is 24.1 Å². The number of benzene rings is 4. The summed E-state index contributed by atoms with van der Waals surface area (Å²) in [4.78, 5) is 80.3. The third-order valence-corrected chi connectivity index (χ3v) is 11.9. The van der Waals surface area contributed by atoms with Crippen LogP contribution in [0.5, 0.6) is 29.0 Å². The number of urea groups is 1. The molecule has 2 atom stereocenters. The van der Waals surface area contributed by atoms with E-state index in [0.29, 0.717) is 16.8 Å². The van der Waals surface area contributed by atoms with Gasteiger partial charge < -0.3 is 49.6 Å². The Kier molecular flexibility index (Phi) is 25.3.